The van der Waals surface area contributed by atoms with Gasteiger partial charge in [-0.2, -0.15) is 10.3 Å². The Morgan fingerprint density at radius 2 is 1.51 bits per heavy atom. The molecule has 11 nitrogen and oxygen atoms in total. The molecule has 224 valence electrons. The van der Waals surface area contributed by atoms with Crippen molar-refractivity contribution in [2.45, 2.75) is 98.0 Å². The minimum Gasteiger partial charge on any atom is -0.484 e. The van der Waals surface area contributed by atoms with E-state index in [9.17, 15) is 19.6 Å². The van der Waals surface area contributed by atoms with E-state index in [1.807, 2.05) is 0 Å². The van der Waals surface area contributed by atoms with Crippen LogP contribution in [0.3, 0.4) is 0 Å². The van der Waals surface area contributed by atoms with Crippen LogP contribution in [0.25, 0.3) is 10.9 Å². The topological polar surface area (TPSA) is 132 Å². The van der Waals surface area contributed by atoms with Gasteiger partial charge in [-0.15, -0.1) is 0 Å². The van der Waals surface area contributed by atoms with E-state index >= 15 is 0 Å². The van der Waals surface area contributed by atoms with Crippen molar-refractivity contribution in [1.82, 2.24) is 15.0 Å². The SMILES string of the molecule is CCOC(=S)[C@](C#N)(Cc1cn(C(=O)OC(C)(C)C)c2ccccc12)N(NC(=O)OC(C)(C)C)C(=O)OC(C)(C)C. The third-order valence-electron chi connectivity index (χ3n) is 5.19. The molecule has 12 heteroatoms. The van der Waals surface area contributed by atoms with Crippen LogP contribution in [0.5, 0.6) is 0 Å². The predicted molar refractivity (Wildman–Crippen MR) is 157 cm³/mol. The van der Waals surface area contributed by atoms with Crippen molar-refractivity contribution in [3.8, 4) is 6.07 Å². The number of nitrogens with one attached hydrogen (secondary N) is 1. The summed E-state index contributed by atoms with van der Waals surface area (Å²) in [5.41, 5.74) is -1.45. The van der Waals surface area contributed by atoms with Crippen molar-refractivity contribution < 1.29 is 33.3 Å². The Hall–Kier alpha value is -3.85. The number of rotatable bonds is 5. The summed E-state index contributed by atoms with van der Waals surface area (Å²) < 4.78 is 23.4. The summed E-state index contributed by atoms with van der Waals surface area (Å²) in [5, 5.41) is 11.7. The second kappa shape index (κ2) is 12.3. The molecule has 2 rings (SSSR count). The van der Waals surface area contributed by atoms with E-state index in [2.05, 4.69) is 11.5 Å². The zero-order chi connectivity index (χ0) is 31.4. The largest absolute Gasteiger partial charge is 0.484 e. The molecule has 0 radical (unpaired) electrons. The molecule has 2 amide bonds. The fourth-order valence-corrected chi connectivity index (χ4v) is 4.08. The lowest BCUT2D eigenvalue weighted by molar-refractivity contribution is -0.0131. The number of benzene rings is 1. The Morgan fingerprint density at radius 3 is 2.02 bits per heavy atom. The fourth-order valence-electron chi connectivity index (χ4n) is 3.75. The van der Waals surface area contributed by atoms with E-state index in [0.29, 0.717) is 21.5 Å². The lowest BCUT2D eigenvalue weighted by Gasteiger charge is -2.38. The Balaban J connectivity index is 2.77. The number of carbonyl (C=O) groups is 3. The summed E-state index contributed by atoms with van der Waals surface area (Å²) >= 11 is 5.55. The van der Waals surface area contributed by atoms with Crippen LogP contribution in [0.1, 0.15) is 74.8 Å². The molecule has 1 N–H and O–H groups in total. The lowest BCUT2D eigenvalue weighted by atomic mass is 9.91. The maximum Gasteiger partial charge on any atom is 0.431 e. The molecule has 0 spiro atoms. The average Bonchev–Trinajstić information content (AvgIpc) is 3.16. The van der Waals surface area contributed by atoms with Crippen molar-refractivity contribution >= 4 is 46.5 Å². The summed E-state index contributed by atoms with van der Waals surface area (Å²) in [7, 11) is 0. The Kier molecular flexibility index (Phi) is 10.0. The summed E-state index contributed by atoms with van der Waals surface area (Å²) in [6.07, 6.45) is -1.49. The Labute approximate surface area is 246 Å². The molecule has 0 bridgehead atoms. The molecule has 0 saturated carbocycles. The van der Waals surface area contributed by atoms with Crippen molar-refractivity contribution in [2.24, 2.45) is 0 Å². The van der Waals surface area contributed by atoms with Gasteiger partial charge in [0.25, 0.3) is 0 Å². The molecule has 1 aromatic carbocycles. The Morgan fingerprint density at radius 1 is 0.951 bits per heavy atom. The van der Waals surface area contributed by atoms with Crippen molar-refractivity contribution in [3.05, 3.63) is 36.0 Å². The van der Waals surface area contributed by atoms with Gasteiger partial charge < -0.3 is 18.9 Å². The van der Waals surface area contributed by atoms with Gasteiger partial charge in [0.05, 0.1) is 12.1 Å². The number of amides is 2. The van der Waals surface area contributed by atoms with Crippen LogP contribution >= 0.6 is 12.2 Å². The van der Waals surface area contributed by atoms with Gasteiger partial charge in [0.1, 0.15) is 22.9 Å². The molecule has 0 saturated heterocycles. The highest BCUT2D eigenvalue weighted by molar-refractivity contribution is 7.80. The van der Waals surface area contributed by atoms with Crippen LogP contribution < -0.4 is 5.43 Å². The molecule has 1 atom stereocenters. The van der Waals surface area contributed by atoms with E-state index in [1.54, 1.807) is 93.5 Å². The van der Waals surface area contributed by atoms with Gasteiger partial charge in [-0.3, -0.25) is 4.57 Å². The number of ether oxygens (including phenoxy) is 4. The standard InChI is InChI=1S/C29H40N4O7S/c1-11-37-22(41)29(18-30,33(25(36)40-28(8,9)10)31-23(34)38-26(2,3)4)16-19-17-32(24(35)39-27(5,6)7)21-15-13-12-14-20(19)21/h12-15,17H,11,16H2,1-10H3,(H,31,34)/t29-/m1/s1. The van der Waals surface area contributed by atoms with E-state index < -0.39 is 40.6 Å². The lowest BCUT2D eigenvalue weighted by Crippen LogP contribution is -2.65. The normalized spacial score (nSPS) is 13.4. The number of para-hydroxylation sites is 1. The molecular formula is C29H40N4O7S. The number of carbonyl (C=O) groups excluding carboxylic acids is 3. The van der Waals surface area contributed by atoms with Gasteiger partial charge in [0.2, 0.25) is 10.6 Å². The molecule has 0 unspecified atom stereocenters. The predicted octanol–water partition coefficient (Wildman–Crippen LogP) is 6.27. The first-order valence-electron chi connectivity index (χ1n) is 13.2. The molecule has 2 aromatic rings. The zero-order valence-electron chi connectivity index (χ0n) is 25.4. The van der Waals surface area contributed by atoms with Gasteiger partial charge >= 0.3 is 18.3 Å². The number of thiocarbonyl (C=S) groups is 1. The number of hydrogen-bond acceptors (Lipinski definition) is 9. The summed E-state index contributed by atoms with van der Waals surface area (Å²) in [6, 6.07) is 9.10. The number of hydrogen-bond donors (Lipinski definition) is 1. The first-order chi connectivity index (χ1) is 18.7. The van der Waals surface area contributed by atoms with Gasteiger partial charge in [-0.1, -0.05) is 18.2 Å². The Bertz CT molecular complexity index is 1340. The molecule has 1 aromatic heterocycles. The van der Waals surface area contributed by atoms with Crippen LogP contribution in [0, 0.1) is 11.3 Å². The first-order valence-corrected chi connectivity index (χ1v) is 13.6. The molecule has 0 fully saturated rings. The van der Waals surface area contributed by atoms with E-state index in [4.69, 9.17) is 31.2 Å². The highest BCUT2D eigenvalue weighted by atomic mass is 32.1. The molecule has 0 aliphatic carbocycles. The summed E-state index contributed by atoms with van der Waals surface area (Å²) in [6.45, 7) is 16.9. The number of nitrogens with zero attached hydrogens (tertiary/aromatic N) is 3. The number of aromatic nitrogens is 1. The minimum absolute atomic E-state index is 0.0799. The average molecular weight is 589 g/mol. The fraction of sp³-hybridized carbons (Fsp3) is 0.552. The summed E-state index contributed by atoms with van der Waals surface area (Å²) in [5.74, 6) is 0. The van der Waals surface area contributed by atoms with Gasteiger partial charge in [0.15, 0.2) is 0 Å². The van der Waals surface area contributed by atoms with E-state index in [-0.39, 0.29) is 18.1 Å². The maximum absolute atomic E-state index is 13.6. The van der Waals surface area contributed by atoms with Crippen LogP contribution in [0.4, 0.5) is 14.4 Å². The second-order valence-corrected chi connectivity index (χ2v) is 12.7. The molecular weight excluding hydrogens is 548 g/mol. The van der Waals surface area contributed by atoms with Gasteiger partial charge in [0, 0.05) is 18.0 Å². The number of nitriles is 1. The molecule has 41 heavy (non-hydrogen) atoms. The molecule has 0 aliphatic rings. The molecule has 1 heterocycles. The highest BCUT2D eigenvalue weighted by Gasteiger charge is 2.50. The van der Waals surface area contributed by atoms with Crippen LogP contribution in [-0.2, 0) is 25.4 Å². The monoisotopic (exact) mass is 588 g/mol. The van der Waals surface area contributed by atoms with E-state index in [0.717, 1.165) is 0 Å². The van der Waals surface area contributed by atoms with Crippen LogP contribution in [0.2, 0.25) is 0 Å². The minimum atomic E-state index is -2.10. The van der Waals surface area contributed by atoms with Crippen molar-refractivity contribution in [3.63, 3.8) is 0 Å². The number of fused-ring (bicyclic) bond motifs is 1. The number of hydrazine groups is 1. The second-order valence-electron chi connectivity index (χ2n) is 12.3. The van der Waals surface area contributed by atoms with Crippen LogP contribution in [-0.4, -0.2) is 61.9 Å². The van der Waals surface area contributed by atoms with Crippen LogP contribution in [0.15, 0.2) is 30.5 Å². The third-order valence-corrected chi connectivity index (χ3v) is 5.64. The molecule has 0 aliphatic heterocycles. The van der Waals surface area contributed by atoms with Crippen molar-refractivity contribution in [2.75, 3.05) is 6.61 Å². The third kappa shape index (κ3) is 8.82. The van der Waals surface area contributed by atoms with E-state index in [1.165, 1.54) is 10.8 Å². The smallest absolute Gasteiger partial charge is 0.431 e. The maximum atomic E-state index is 13.6. The van der Waals surface area contributed by atoms with Crippen molar-refractivity contribution in [1.29, 1.82) is 5.26 Å². The van der Waals surface area contributed by atoms with Gasteiger partial charge in [-0.05, 0) is 93.1 Å². The quantitative estimate of drug-likeness (QED) is 0.244. The zero-order valence-corrected chi connectivity index (χ0v) is 26.2. The summed E-state index contributed by atoms with van der Waals surface area (Å²) in [4.78, 5) is 39.6. The first kappa shape index (κ1) is 33.4. The van der Waals surface area contributed by atoms with Gasteiger partial charge in [-0.25, -0.2) is 19.8 Å². The highest BCUT2D eigenvalue weighted by Crippen LogP contribution is 2.31.